The molecule has 0 aliphatic carbocycles. The van der Waals surface area contributed by atoms with Gasteiger partial charge in [-0.3, -0.25) is 14.3 Å². The van der Waals surface area contributed by atoms with Crippen LogP contribution in [0.5, 0.6) is 0 Å². The maximum atomic E-state index is 11.4. The van der Waals surface area contributed by atoms with E-state index in [-0.39, 0.29) is 21.1 Å². The molecular formula is C25H46N2O6Sn. The minimum absolute atomic E-state index is 0.0736. The van der Waals surface area contributed by atoms with Crippen molar-refractivity contribution in [2.45, 2.75) is 124 Å². The second kappa shape index (κ2) is 19.5. The molecule has 1 aromatic heterocycles. The number of unbranched alkanes of at least 4 members (excludes halogenated alkanes) is 10. The maximum absolute atomic E-state index is 11.4. The van der Waals surface area contributed by atoms with Crippen molar-refractivity contribution >= 4 is 21.1 Å². The Balaban J connectivity index is 0.000000340. The number of aliphatic hydroxyl groups is 3. The Morgan fingerprint density at radius 3 is 1.88 bits per heavy atom. The Hall–Kier alpha value is -0.681. The number of H-pyrrole nitrogens is 1. The van der Waals surface area contributed by atoms with Crippen molar-refractivity contribution in [2.75, 3.05) is 6.61 Å². The Labute approximate surface area is 214 Å². The zero-order chi connectivity index (χ0) is 25.2. The average Bonchev–Trinajstić information content (AvgIpc) is 3.11. The van der Waals surface area contributed by atoms with E-state index in [0.717, 1.165) is 16.8 Å². The molecular weight excluding hydrogens is 543 g/mol. The van der Waals surface area contributed by atoms with Crippen LogP contribution < -0.4 is 11.2 Å². The SMILES string of the molecule is CCCCCCC[CH2][Sn][CH2]CCCCCCC.O=c1ccn(C2OC(CO)C(O)C2O)c(=O)[nH]1. The first-order chi connectivity index (χ1) is 16.5. The van der Waals surface area contributed by atoms with E-state index in [1.807, 2.05) is 4.98 Å². The van der Waals surface area contributed by atoms with Crippen LogP contribution in [0.25, 0.3) is 0 Å². The summed E-state index contributed by atoms with van der Waals surface area (Å²) in [7, 11) is 0. The Kier molecular flexibility index (Phi) is 18.0. The third-order valence-corrected chi connectivity index (χ3v) is 10.1. The van der Waals surface area contributed by atoms with Crippen molar-refractivity contribution < 1.29 is 20.1 Å². The molecule has 0 saturated carbocycles. The summed E-state index contributed by atoms with van der Waals surface area (Å²) in [5.41, 5.74) is -1.33. The van der Waals surface area contributed by atoms with E-state index in [1.54, 1.807) is 21.7 Å². The van der Waals surface area contributed by atoms with Crippen molar-refractivity contribution in [1.29, 1.82) is 0 Å². The fraction of sp³-hybridized carbons (Fsp3) is 0.840. The number of aliphatic hydroxyl groups excluding tert-OH is 3. The van der Waals surface area contributed by atoms with E-state index in [2.05, 4.69) is 13.8 Å². The molecule has 0 spiro atoms. The summed E-state index contributed by atoms with van der Waals surface area (Å²) in [4.78, 5) is 24.3. The molecule has 9 heteroatoms. The smallest absolute Gasteiger partial charge is 0.330 e. The molecule has 1 aliphatic heterocycles. The summed E-state index contributed by atoms with van der Waals surface area (Å²) in [6, 6.07) is 1.09. The molecule has 0 bridgehead atoms. The molecule has 4 N–H and O–H groups in total. The number of ether oxygens (including phenoxy) is 1. The maximum Gasteiger partial charge on any atom is 0.330 e. The standard InChI is InChI=1S/C9H12N2O6.2C8H17.Sn/c12-3-4-6(14)7(15)8(17-4)11-2-1-5(13)10-9(11)16;2*1-3-5-7-8-6-4-2;/h1-2,4,6-8,12,14-15H,3H2,(H,10,13,16);2*1,3-8H2,2H3;. The van der Waals surface area contributed by atoms with Gasteiger partial charge in [0.2, 0.25) is 0 Å². The largest absolute Gasteiger partial charge is 0.394 e. The summed E-state index contributed by atoms with van der Waals surface area (Å²) in [5, 5.41) is 28.1. The zero-order valence-corrected chi connectivity index (χ0v) is 23.9. The van der Waals surface area contributed by atoms with Crippen molar-refractivity contribution in [3.63, 3.8) is 0 Å². The predicted octanol–water partition coefficient (Wildman–Crippen LogP) is 3.40. The van der Waals surface area contributed by atoms with Gasteiger partial charge in [0.05, 0.1) is 6.61 Å². The topological polar surface area (TPSA) is 125 Å². The van der Waals surface area contributed by atoms with Crippen molar-refractivity contribution in [3.8, 4) is 0 Å². The van der Waals surface area contributed by atoms with Crippen LogP contribution in [0.1, 0.15) is 97.1 Å². The predicted molar refractivity (Wildman–Crippen MR) is 136 cm³/mol. The fourth-order valence-electron chi connectivity index (χ4n) is 3.92. The molecule has 1 aromatic rings. The van der Waals surface area contributed by atoms with Crippen LogP contribution in [0.15, 0.2) is 21.9 Å². The van der Waals surface area contributed by atoms with E-state index in [9.17, 15) is 19.8 Å². The molecule has 1 fully saturated rings. The van der Waals surface area contributed by atoms with E-state index in [4.69, 9.17) is 9.84 Å². The van der Waals surface area contributed by atoms with Crippen LogP contribution in [0.2, 0.25) is 8.87 Å². The fourth-order valence-corrected chi connectivity index (χ4v) is 7.49. The second-order valence-electron chi connectivity index (χ2n) is 9.03. The van der Waals surface area contributed by atoms with Crippen LogP contribution in [-0.2, 0) is 4.74 Å². The van der Waals surface area contributed by atoms with E-state index in [0.29, 0.717) is 0 Å². The number of aromatic nitrogens is 2. The van der Waals surface area contributed by atoms with Crippen molar-refractivity contribution in [1.82, 2.24) is 9.55 Å². The van der Waals surface area contributed by atoms with Crippen LogP contribution in [0, 0.1) is 0 Å². The summed E-state index contributed by atoms with van der Waals surface area (Å²) in [6.45, 7) is 4.12. The van der Waals surface area contributed by atoms with Gasteiger partial charge < -0.3 is 20.1 Å². The number of aromatic amines is 1. The van der Waals surface area contributed by atoms with Gasteiger partial charge in [0.15, 0.2) is 6.23 Å². The molecule has 2 radical (unpaired) electrons. The monoisotopic (exact) mass is 590 g/mol. The molecule has 8 nitrogen and oxygen atoms in total. The first kappa shape index (κ1) is 31.3. The van der Waals surface area contributed by atoms with Gasteiger partial charge in [-0.25, -0.2) is 4.79 Å². The van der Waals surface area contributed by atoms with Gasteiger partial charge in [0.25, 0.3) is 5.56 Å². The Morgan fingerprint density at radius 2 is 1.41 bits per heavy atom. The first-order valence-corrected chi connectivity index (χ1v) is 17.1. The quantitative estimate of drug-likeness (QED) is 0.173. The number of nitrogens with one attached hydrogen (secondary N) is 1. The molecule has 34 heavy (non-hydrogen) atoms. The third kappa shape index (κ3) is 12.3. The van der Waals surface area contributed by atoms with Gasteiger partial charge >= 0.3 is 127 Å². The molecule has 196 valence electrons. The van der Waals surface area contributed by atoms with Gasteiger partial charge in [-0.15, -0.1) is 0 Å². The summed E-state index contributed by atoms with van der Waals surface area (Å²) in [5.74, 6) is 0. The van der Waals surface area contributed by atoms with E-state index < -0.39 is 42.4 Å². The average molecular weight is 589 g/mol. The van der Waals surface area contributed by atoms with Gasteiger partial charge in [0, 0.05) is 12.3 Å². The first-order valence-electron chi connectivity index (χ1n) is 13.1. The van der Waals surface area contributed by atoms with Crippen molar-refractivity contribution in [2.24, 2.45) is 0 Å². The molecule has 2 heterocycles. The molecule has 1 aliphatic rings. The van der Waals surface area contributed by atoms with Crippen LogP contribution in [-0.4, -0.2) is 70.9 Å². The number of nitrogens with zero attached hydrogens (tertiary/aromatic N) is 1. The molecule has 4 unspecified atom stereocenters. The minimum Gasteiger partial charge on any atom is -0.394 e. The van der Waals surface area contributed by atoms with Gasteiger partial charge in [-0.05, 0) is 0 Å². The van der Waals surface area contributed by atoms with Crippen LogP contribution in [0.3, 0.4) is 0 Å². The zero-order valence-electron chi connectivity index (χ0n) is 21.1. The Bertz CT molecular complexity index is 727. The summed E-state index contributed by atoms with van der Waals surface area (Å²) >= 11 is 0.0736. The number of rotatable bonds is 16. The van der Waals surface area contributed by atoms with E-state index in [1.165, 1.54) is 64.2 Å². The molecule has 4 atom stereocenters. The van der Waals surface area contributed by atoms with E-state index >= 15 is 0 Å². The van der Waals surface area contributed by atoms with Crippen LogP contribution >= 0.6 is 0 Å². The molecule has 1 saturated heterocycles. The van der Waals surface area contributed by atoms with Gasteiger partial charge in [0.1, 0.15) is 18.3 Å². The number of hydrogen-bond acceptors (Lipinski definition) is 6. The number of hydrogen-bond donors (Lipinski definition) is 4. The van der Waals surface area contributed by atoms with Gasteiger partial charge in [-0.2, -0.15) is 0 Å². The molecule has 0 aromatic carbocycles. The third-order valence-electron chi connectivity index (χ3n) is 6.06. The molecule has 2 rings (SSSR count). The van der Waals surface area contributed by atoms with Crippen molar-refractivity contribution in [3.05, 3.63) is 33.1 Å². The van der Waals surface area contributed by atoms with Crippen LogP contribution in [0.4, 0.5) is 0 Å². The van der Waals surface area contributed by atoms with Gasteiger partial charge in [-0.1, -0.05) is 0 Å². The normalized spacial score (nSPS) is 21.9. The second-order valence-corrected chi connectivity index (χ2v) is 13.3. The molecule has 0 amide bonds. The summed E-state index contributed by atoms with van der Waals surface area (Å²) in [6.07, 6.45) is 14.2. The minimum atomic E-state index is -1.35. The Morgan fingerprint density at radius 1 is 0.882 bits per heavy atom. The summed E-state index contributed by atoms with van der Waals surface area (Å²) < 4.78 is 9.40.